The quantitative estimate of drug-likeness (QED) is 0.719. The second kappa shape index (κ2) is 3.81. The number of rotatable bonds is 3. The van der Waals surface area contributed by atoms with Gasteiger partial charge in [0.25, 0.3) is 0 Å². The third kappa shape index (κ3) is 8.63. The molecule has 0 fully saturated rings. The van der Waals surface area contributed by atoms with Crippen molar-refractivity contribution in [1.82, 2.24) is 0 Å². The Balaban J connectivity index is 4.44. The molecule has 0 radical (unpaired) electrons. The highest BCUT2D eigenvalue weighted by atomic mass is 31.3. The molecule has 0 saturated carbocycles. The minimum Gasteiger partial charge on any atom is -0.324 e. The molecular formula is C5H14O6P2. The largest absolute Gasteiger partial charge is 0.479 e. The van der Waals surface area contributed by atoms with Crippen LogP contribution in [-0.4, -0.2) is 22.1 Å². The van der Waals surface area contributed by atoms with Crippen LogP contribution in [0.15, 0.2) is 0 Å². The molecule has 0 aliphatic rings. The molecule has 0 aromatic carbocycles. The molecule has 0 aliphatic carbocycles. The molecule has 0 spiro atoms. The number of hydrogen-bond donors (Lipinski definition) is 2. The van der Waals surface area contributed by atoms with Crippen LogP contribution >= 0.6 is 15.4 Å². The zero-order chi connectivity index (χ0) is 10.9. The van der Waals surface area contributed by atoms with Gasteiger partial charge in [-0.25, -0.2) is 8.88 Å². The zero-order valence-corrected chi connectivity index (χ0v) is 9.71. The predicted molar refractivity (Wildman–Crippen MR) is 47.5 cm³/mol. The first kappa shape index (κ1) is 13.3. The van der Waals surface area contributed by atoms with E-state index in [4.69, 9.17) is 9.79 Å². The maximum absolute atomic E-state index is 11.0. The fourth-order valence-electron chi connectivity index (χ4n) is 0.554. The Hall–Kier alpha value is 0.300. The van der Waals surface area contributed by atoms with E-state index in [0.717, 1.165) is 6.66 Å². The van der Waals surface area contributed by atoms with Gasteiger partial charge in [-0.2, -0.15) is 0 Å². The summed E-state index contributed by atoms with van der Waals surface area (Å²) in [5.41, 5.74) is -0.917. The highest BCUT2D eigenvalue weighted by molar-refractivity contribution is 7.63. The van der Waals surface area contributed by atoms with Crippen LogP contribution in [0.5, 0.6) is 0 Å². The molecule has 2 N–H and O–H groups in total. The van der Waals surface area contributed by atoms with E-state index in [2.05, 4.69) is 8.83 Å². The third-order valence-electron chi connectivity index (χ3n) is 0.644. The Bertz CT molecular complexity index is 261. The topological polar surface area (TPSA) is 93.1 Å². The van der Waals surface area contributed by atoms with E-state index in [9.17, 15) is 9.13 Å². The lowest BCUT2D eigenvalue weighted by Crippen LogP contribution is -2.17. The fraction of sp³-hybridized carbons (Fsp3) is 1.00. The van der Waals surface area contributed by atoms with Crippen molar-refractivity contribution < 1.29 is 27.8 Å². The first-order chi connectivity index (χ1) is 5.41. The standard InChI is InChI=1S/C5H14O6P2/c1-5(2,3)10-13(8,9)11-12(4,6)7/h1-4H3,(H,6,7)(H,8,9). The molecule has 0 aromatic heterocycles. The van der Waals surface area contributed by atoms with Gasteiger partial charge in [-0.05, 0) is 20.8 Å². The summed E-state index contributed by atoms with van der Waals surface area (Å²) in [6, 6.07) is 0. The van der Waals surface area contributed by atoms with Gasteiger partial charge >= 0.3 is 15.4 Å². The molecule has 0 aliphatic heterocycles. The van der Waals surface area contributed by atoms with Gasteiger partial charge in [0, 0.05) is 6.66 Å². The smallest absolute Gasteiger partial charge is 0.324 e. The van der Waals surface area contributed by atoms with E-state index < -0.39 is 21.0 Å². The monoisotopic (exact) mass is 232 g/mol. The molecular weight excluding hydrogens is 218 g/mol. The average Bonchev–Trinajstić information content (AvgIpc) is 1.43. The summed E-state index contributed by atoms with van der Waals surface area (Å²) in [6.45, 7) is 5.38. The maximum atomic E-state index is 11.0. The maximum Gasteiger partial charge on any atom is 0.479 e. The third-order valence-corrected chi connectivity index (χ3v) is 3.46. The minimum atomic E-state index is -4.45. The average molecular weight is 232 g/mol. The first-order valence-electron chi connectivity index (χ1n) is 3.46. The Kier molecular flexibility index (Phi) is 3.90. The Morgan fingerprint density at radius 2 is 1.54 bits per heavy atom. The molecule has 6 nitrogen and oxygen atoms in total. The van der Waals surface area contributed by atoms with Crippen molar-refractivity contribution in [3.05, 3.63) is 0 Å². The van der Waals surface area contributed by atoms with E-state index in [0.29, 0.717) is 0 Å². The van der Waals surface area contributed by atoms with Gasteiger partial charge in [0.15, 0.2) is 0 Å². The molecule has 0 saturated heterocycles. The van der Waals surface area contributed by atoms with Crippen molar-refractivity contribution in [2.24, 2.45) is 0 Å². The Morgan fingerprint density at radius 1 is 1.15 bits per heavy atom. The predicted octanol–water partition coefficient (Wildman–Crippen LogP) is 1.73. The summed E-state index contributed by atoms with van der Waals surface area (Å²) in [5, 5.41) is 0. The molecule has 0 amide bonds. The summed E-state index contributed by atoms with van der Waals surface area (Å²) < 4.78 is 30.2. The van der Waals surface area contributed by atoms with Crippen molar-refractivity contribution in [3.63, 3.8) is 0 Å². The van der Waals surface area contributed by atoms with E-state index >= 15 is 0 Å². The SMILES string of the molecule is CC(C)(C)OP(=O)(O)OP(C)(=O)O. The van der Waals surface area contributed by atoms with Gasteiger partial charge in [-0.1, -0.05) is 0 Å². The number of phosphoric acid groups is 1. The molecule has 8 heteroatoms. The Labute approximate surface area is 77.0 Å². The van der Waals surface area contributed by atoms with Crippen LogP contribution in [0.25, 0.3) is 0 Å². The van der Waals surface area contributed by atoms with Crippen molar-refractivity contribution in [1.29, 1.82) is 0 Å². The van der Waals surface area contributed by atoms with Gasteiger partial charge < -0.3 is 9.79 Å². The van der Waals surface area contributed by atoms with Gasteiger partial charge in [-0.15, -0.1) is 0 Å². The molecule has 2 atom stereocenters. The molecule has 80 valence electrons. The van der Waals surface area contributed by atoms with E-state index in [-0.39, 0.29) is 0 Å². The van der Waals surface area contributed by atoms with E-state index in [1.807, 2.05) is 0 Å². The molecule has 0 bridgehead atoms. The molecule has 0 heterocycles. The van der Waals surface area contributed by atoms with Crippen molar-refractivity contribution in [2.45, 2.75) is 26.4 Å². The zero-order valence-electron chi connectivity index (χ0n) is 7.92. The van der Waals surface area contributed by atoms with Crippen molar-refractivity contribution in [3.8, 4) is 0 Å². The molecule has 0 aromatic rings. The van der Waals surface area contributed by atoms with E-state index in [1.165, 1.54) is 20.8 Å². The lowest BCUT2D eigenvalue weighted by atomic mass is 10.2. The lowest BCUT2D eigenvalue weighted by molar-refractivity contribution is 0.0832. The van der Waals surface area contributed by atoms with Gasteiger partial charge in [0.1, 0.15) is 0 Å². The highest BCUT2D eigenvalue weighted by Crippen LogP contribution is 2.59. The number of phosphoric ester groups is 1. The van der Waals surface area contributed by atoms with Crippen molar-refractivity contribution >= 4 is 15.4 Å². The second-order valence-corrected chi connectivity index (χ2v) is 6.94. The fourth-order valence-corrected chi connectivity index (χ4v) is 2.91. The second-order valence-electron chi connectivity index (χ2n) is 3.56. The van der Waals surface area contributed by atoms with Crippen LogP contribution in [-0.2, 0) is 18.0 Å². The number of hydrogen-bond acceptors (Lipinski definition) is 4. The summed E-state index contributed by atoms with van der Waals surface area (Å²) >= 11 is 0. The Morgan fingerprint density at radius 3 is 1.77 bits per heavy atom. The van der Waals surface area contributed by atoms with Crippen LogP contribution in [0.1, 0.15) is 20.8 Å². The van der Waals surface area contributed by atoms with Crippen LogP contribution < -0.4 is 0 Å². The summed E-state index contributed by atoms with van der Waals surface area (Å²) in [7, 11) is -8.46. The van der Waals surface area contributed by atoms with Crippen LogP contribution in [0.2, 0.25) is 0 Å². The van der Waals surface area contributed by atoms with Gasteiger partial charge in [-0.3, -0.25) is 9.09 Å². The lowest BCUT2D eigenvalue weighted by Gasteiger charge is -2.22. The van der Waals surface area contributed by atoms with Crippen LogP contribution in [0, 0.1) is 0 Å². The molecule has 2 unspecified atom stereocenters. The minimum absolute atomic E-state index is 0.807. The van der Waals surface area contributed by atoms with Crippen LogP contribution in [0.4, 0.5) is 0 Å². The van der Waals surface area contributed by atoms with Crippen molar-refractivity contribution in [2.75, 3.05) is 6.66 Å². The van der Waals surface area contributed by atoms with E-state index in [1.54, 1.807) is 0 Å². The highest BCUT2D eigenvalue weighted by Gasteiger charge is 2.34. The first-order valence-corrected chi connectivity index (χ1v) is 6.98. The van der Waals surface area contributed by atoms with Crippen LogP contribution in [0.3, 0.4) is 0 Å². The normalized spacial score (nSPS) is 22.0. The van der Waals surface area contributed by atoms with Gasteiger partial charge in [0.2, 0.25) is 0 Å². The molecule has 13 heavy (non-hydrogen) atoms. The summed E-state index contributed by atoms with van der Waals surface area (Å²) in [5.74, 6) is 0. The van der Waals surface area contributed by atoms with Gasteiger partial charge in [0.05, 0.1) is 5.60 Å². The summed E-state index contributed by atoms with van der Waals surface area (Å²) in [6.07, 6.45) is 0. The summed E-state index contributed by atoms with van der Waals surface area (Å²) in [4.78, 5) is 17.6. The molecule has 0 rings (SSSR count).